The van der Waals surface area contributed by atoms with Gasteiger partial charge in [0.25, 0.3) is 0 Å². The summed E-state index contributed by atoms with van der Waals surface area (Å²) >= 11 is 0. The van der Waals surface area contributed by atoms with Crippen molar-refractivity contribution in [2.75, 3.05) is 6.54 Å². The average molecular weight is 323 g/mol. The molecule has 3 heteroatoms. The molecule has 24 heavy (non-hydrogen) atoms. The molecule has 0 fully saturated rings. The van der Waals surface area contributed by atoms with Gasteiger partial charge in [-0.3, -0.25) is 0 Å². The summed E-state index contributed by atoms with van der Waals surface area (Å²) in [4.78, 5) is 0. The van der Waals surface area contributed by atoms with Crippen LogP contribution in [0.2, 0.25) is 0 Å². The second-order valence-electron chi connectivity index (χ2n) is 6.66. The second kappa shape index (κ2) is 7.20. The van der Waals surface area contributed by atoms with Gasteiger partial charge in [0, 0.05) is 22.2 Å². The number of aromatic nitrogens is 1. The Bertz CT molecular complexity index is 807. The molecule has 0 aliphatic rings. The van der Waals surface area contributed by atoms with Gasteiger partial charge in [-0.05, 0) is 32.4 Å². The molecule has 3 nitrogen and oxygen atoms in total. The normalized spacial score (nSPS) is 14.0. The molecule has 3 aromatic rings. The van der Waals surface area contributed by atoms with E-state index in [-0.39, 0.29) is 6.10 Å². The number of nitrogens with two attached hydrogens (primary N) is 1. The van der Waals surface area contributed by atoms with Gasteiger partial charge in [0.2, 0.25) is 0 Å². The van der Waals surface area contributed by atoms with Crippen molar-refractivity contribution in [3.05, 3.63) is 71.4 Å². The summed E-state index contributed by atoms with van der Waals surface area (Å²) in [5.74, 6) is 0. The maximum Gasteiger partial charge on any atom is 0.121 e. The molecule has 0 spiro atoms. The quantitative estimate of drug-likeness (QED) is 0.719. The van der Waals surface area contributed by atoms with Crippen LogP contribution in [0.25, 0.3) is 10.9 Å². The Kier molecular flexibility index (Phi) is 5.03. The van der Waals surface area contributed by atoms with E-state index in [9.17, 15) is 5.11 Å². The van der Waals surface area contributed by atoms with Gasteiger partial charge in [0.15, 0.2) is 0 Å². The van der Waals surface area contributed by atoms with Gasteiger partial charge in [-0.15, -0.1) is 0 Å². The number of hydrogen-bond acceptors (Lipinski definition) is 1. The lowest BCUT2D eigenvalue weighted by molar-refractivity contribution is -0.698. The van der Waals surface area contributed by atoms with Gasteiger partial charge in [0.1, 0.15) is 18.7 Å². The molecule has 3 N–H and O–H groups in total. The summed E-state index contributed by atoms with van der Waals surface area (Å²) in [5.41, 5.74) is 5.05. The highest BCUT2D eigenvalue weighted by atomic mass is 16.3. The fourth-order valence-corrected chi connectivity index (χ4v) is 3.38. The fraction of sp³-hybridized carbons (Fsp3) is 0.333. The number of quaternary nitrogens is 1. The lowest BCUT2D eigenvalue weighted by Gasteiger charge is -2.17. The molecule has 0 saturated heterocycles. The van der Waals surface area contributed by atoms with Gasteiger partial charge < -0.3 is 15.0 Å². The number of fused-ring (bicyclic) bond motifs is 1. The van der Waals surface area contributed by atoms with Crippen LogP contribution in [0.5, 0.6) is 0 Å². The van der Waals surface area contributed by atoms with E-state index in [0.29, 0.717) is 19.1 Å². The number of hydrogen-bond donors (Lipinski definition) is 2. The highest BCUT2D eigenvalue weighted by Crippen LogP contribution is 2.25. The molecule has 0 aliphatic heterocycles. The third-order valence-electron chi connectivity index (χ3n) is 5.03. The van der Waals surface area contributed by atoms with Gasteiger partial charge in [-0.2, -0.15) is 0 Å². The summed E-state index contributed by atoms with van der Waals surface area (Å²) < 4.78 is 2.25. The van der Waals surface area contributed by atoms with Gasteiger partial charge in [-0.25, -0.2) is 0 Å². The van der Waals surface area contributed by atoms with Gasteiger partial charge in [-0.1, -0.05) is 48.5 Å². The predicted octanol–water partition coefficient (Wildman–Crippen LogP) is 2.94. The van der Waals surface area contributed by atoms with Crippen LogP contribution in [-0.2, 0) is 6.54 Å². The first kappa shape index (κ1) is 16.7. The molecule has 0 radical (unpaired) electrons. The molecule has 0 bridgehead atoms. The van der Waals surface area contributed by atoms with Crippen LogP contribution < -0.4 is 5.32 Å². The molecule has 2 aromatic carbocycles. The molecule has 0 saturated carbocycles. The minimum atomic E-state index is -0.370. The topological polar surface area (TPSA) is 41.8 Å². The lowest BCUT2D eigenvalue weighted by Crippen LogP contribution is -2.86. The molecular weight excluding hydrogens is 296 g/mol. The zero-order valence-electron chi connectivity index (χ0n) is 14.7. The highest BCUT2D eigenvalue weighted by molar-refractivity contribution is 5.85. The maximum absolute atomic E-state index is 10.5. The van der Waals surface area contributed by atoms with Crippen LogP contribution in [0.1, 0.15) is 29.8 Å². The summed E-state index contributed by atoms with van der Waals surface area (Å²) in [6.07, 6.45) is -0.370. The van der Waals surface area contributed by atoms with Crippen LogP contribution in [0, 0.1) is 13.8 Å². The van der Waals surface area contributed by atoms with Crippen LogP contribution in [0.3, 0.4) is 0 Å². The molecule has 0 amide bonds. The largest absolute Gasteiger partial charge is 0.385 e. The number of aryl methyl sites for hydroxylation is 1. The average Bonchev–Trinajstić information content (AvgIpc) is 2.86. The molecule has 1 heterocycles. The number of aliphatic hydroxyl groups excluding tert-OH is 1. The zero-order valence-corrected chi connectivity index (χ0v) is 14.7. The summed E-state index contributed by atoms with van der Waals surface area (Å²) in [6.45, 7) is 7.81. The highest BCUT2D eigenvalue weighted by Gasteiger charge is 2.16. The summed E-state index contributed by atoms with van der Waals surface area (Å²) in [5, 5.41) is 14.0. The number of para-hydroxylation sites is 1. The molecule has 126 valence electrons. The Labute approximate surface area is 143 Å². The molecule has 3 rings (SSSR count). The number of rotatable bonds is 6. The lowest BCUT2D eigenvalue weighted by atomic mass is 10.1. The molecule has 1 aromatic heterocycles. The van der Waals surface area contributed by atoms with E-state index in [1.54, 1.807) is 0 Å². The van der Waals surface area contributed by atoms with Crippen molar-refractivity contribution in [1.82, 2.24) is 4.57 Å². The molecule has 2 atom stereocenters. The van der Waals surface area contributed by atoms with E-state index in [1.165, 1.54) is 27.7 Å². The number of nitrogens with zero attached hydrogens (tertiary/aromatic N) is 1. The van der Waals surface area contributed by atoms with Crippen LogP contribution >= 0.6 is 0 Å². The van der Waals surface area contributed by atoms with E-state index in [1.807, 2.05) is 6.07 Å². The maximum atomic E-state index is 10.5. The Morgan fingerprint density at radius 1 is 1.00 bits per heavy atom. The van der Waals surface area contributed by atoms with Crippen molar-refractivity contribution in [1.29, 1.82) is 0 Å². The first-order chi connectivity index (χ1) is 11.6. The summed E-state index contributed by atoms with van der Waals surface area (Å²) in [6, 6.07) is 19.2. The Hall–Kier alpha value is -2.10. The Morgan fingerprint density at radius 2 is 1.67 bits per heavy atom. The first-order valence-corrected chi connectivity index (χ1v) is 8.68. The molecular formula is C21H27N2O+. The van der Waals surface area contributed by atoms with Gasteiger partial charge in [0.05, 0.1) is 6.54 Å². The predicted molar refractivity (Wildman–Crippen MR) is 99.1 cm³/mol. The standard InChI is InChI=1S/C21H26N2O/c1-15-17(3)23(21-12-8-7-11-20(15)21)14-19(24)13-22-16(2)18-9-5-4-6-10-18/h4-12,16,19,22,24H,13-14H2,1-3H3/p+1. The third-order valence-corrected chi connectivity index (χ3v) is 5.03. The monoisotopic (exact) mass is 323 g/mol. The number of aliphatic hydroxyl groups is 1. The van der Waals surface area contributed by atoms with E-state index in [2.05, 4.69) is 79.2 Å². The van der Waals surface area contributed by atoms with Gasteiger partial charge >= 0.3 is 0 Å². The molecule has 2 unspecified atom stereocenters. The van der Waals surface area contributed by atoms with Crippen LogP contribution in [0.15, 0.2) is 54.6 Å². The van der Waals surface area contributed by atoms with Crippen molar-refractivity contribution in [3.63, 3.8) is 0 Å². The smallest absolute Gasteiger partial charge is 0.121 e. The number of benzene rings is 2. The minimum absolute atomic E-state index is 0.352. The van der Waals surface area contributed by atoms with Crippen LogP contribution in [-0.4, -0.2) is 22.3 Å². The van der Waals surface area contributed by atoms with Crippen molar-refractivity contribution in [2.45, 2.75) is 39.5 Å². The van der Waals surface area contributed by atoms with Crippen molar-refractivity contribution in [3.8, 4) is 0 Å². The van der Waals surface area contributed by atoms with Crippen molar-refractivity contribution in [2.24, 2.45) is 0 Å². The second-order valence-corrected chi connectivity index (χ2v) is 6.66. The van der Waals surface area contributed by atoms with E-state index in [4.69, 9.17) is 0 Å². The van der Waals surface area contributed by atoms with E-state index >= 15 is 0 Å². The third kappa shape index (κ3) is 3.37. The van der Waals surface area contributed by atoms with Crippen molar-refractivity contribution >= 4 is 10.9 Å². The van der Waals surface area contributed by atoms with E-state index in [0.717, 1.165) is 0 Å². The molecule has 0 aliphatic carbocycles. The Balaban J connectivity index is 1.67. The fourth-order valence-electron chi connectivity index (χ4n) is 3.38. The minimum Gasteiger partial charge on any atom is -0.385 e. The first-order valence-electron chi connectivity index (χ1n) is 8.68. The Morgan fingerprint density at radius 3 is 2.42 bits per heavy atom. The summed E-state index contributed by atoms with van der Waals surface area (Å²) in [7, 11) is 0. The van der Waals surface area contributed by atoms with Crippen molar-refractivity contribution < 1.29 is 10.4 Å². The zero-order chi connectivity index (χ0) is 17.1. The van der Waals surface area contributed by atoms with Crippen LogP contribution in [0.4, 0.5) is 0 Å². The SMILES string of the molecule is Cc1c(C)n(CC(O)C[NH2+]C(C)c2ccccc2)c2ccccc12. The van der Waals surface area contributed by atoms with E-state index < -0.39 is 0 Å².